The number of para-hydroxylation sites is 2. The highest BCUT2D eigenvalue weighted by Gasteiger charge is 2.20. The predicted octanol–water partition coefficient (Wildman–Crippen LogP) is 4.24. The van der Waals surface area contributed by atoms with Crippen LogP contribution in [-0.2, 0) is 11.4 Å². The van der Waals surface area contributed by atoms with Gasteiger partial charge in [-0.05, 0) is 37.1 Å². The third kappa shape index (κ3) is 3.35. The SMILES string of the molecule is COc1ccccc1-n1c(C)c(C)c2c1ncn1nc(CO/N=C\c3ccccc3)nc21. The minimum absolute atomic E-state index is 0.164. The number of hydrogen-bond acceptors (Lipinski definition) is 6. The third-order valence-electron chi connectivity index (χ3n) is 5.47. The van der Waals surface area contributed by atoms with Crippen molar-refractivity contribution in [3.05, 3.63) is 83.6 Å². The van der Waals surface area contributed by atoms with E-state index < -0.39 is 0 Å². The summed E-state index contributed by atoms with van der Waals surface area (Å²) in [4.78, 5) is 14.8. The smallest absolute Gasteiger partial charge is 0.192 e. The van der Waals surface area contributed by atoms with Crippen LogP contribution in [0.3, 0.4) is 0 Å². The molecule has 160 valence electrons. The lowest BCUT2D eigenvalue weighted by molar-refractivity contribution is 0.126. The molecule has 32 heavy (non-hydrogen) atoms. The van der Waals surface area contributed by atoms with E-state index in [4.69, 9.17) is 14.6 Å². The lowest BCUT2D eigenvalue weighted by Crippen LogP contribution is -2.01. The fourth-order valence-electron chi connectivity index (χ4n) is 3.81. The monoisotopic (exact) mass is 426 g/mol. The zero-order valence-electron chi connectivity index (χ0n) is 18.1. The first-order valence-electron chi connectivity index (χ1n) is 10.2. The summed E-state index contributed by atoms with van der Waals surface area (Å²) in [5.41, 5.74) is 5.59. The molecule has 0 fully saturated rings. The Bertz CT molecular complexity index is 1440. The summed E-state index contributed by atoms with van der Waals surface area (Å²) < 4.78 is 9.36. The average Bonchev–Trinajstić information content (AvgIpc) is 3.35. The summed E-state index contributed by atoms with van der Waals surface area (Å²) in [5, 5.41) is 9.47. The molecule has 0 aliphatic carbocycles. The Morgan fingerprint density at radius 2 is 1.78 bits per heavy atom. The van der Waals surface area contributed by atoms with Gasteiger partial charge in [0.1, 0.15) is 12.1 Å². The van der Waals surface area contributed by atoms with Crippen LogP contribution in [0.1, 0.15) is 22.6 Å². The first-order chi connectivity index (χ1) is 15.7. The first kappa shape index (κ1) is 19.7. The average molecular weight is 426 g/mol. The van der Waals surface area contributed by atoms with Crippen LogP contribution in [0.4, 0.5) is 0 Å². The maximum absolute atomic E-state index is 5.58. The zero-order chi connectivity index (χ0) is 22.1. The van der Waals surface area contributed by atoms with E-state index in [2.05, 4.69) is 33.7 Å². The van der Waals surface area contributed by atoms with Crippen LogP contribution in [0.15, 0.2) is 66.1 Å². The highest BCUT2D eigenvalue weighted by molar-refractivity contribution is 5.95. The van der Waals surface area contributed by atoms with Crippen LogP contribution in [0.25, 0.3) is 22.4 Å². The van der Waals surface area contributed by atoms with E-state index in [0.29, 0.717) is 5.82 Å². The summed E-state index contributed by atoms with van der Waals surface area (Å²) >= 11 is 0. The van der Waals surface area contributed by atoms with Crippen molar-refractivity contribution >= 4 is 22.9 Å². The van der Waals surface area contributed by atoms with Gasteiger partial charge in [-0.3, -0.25) is 4.57 Å². The number of aryl methyl sites for hydroxylation is 1. The Kier molecular flexibility index (Phi) is 5.03. The summed E-state index contributed by atoms with van der Waals surface area (Å²) in [5.74, 6) is 1.31. The summed E-state index contributed by atoms with van der Waals surface area (Å²) in [6.07, 6.45) is 3.34. The number of hydrogen-bond donors (Lipinski definition) is 0. The van der Waals surface area contributed by atoms with Gasteiger partial charge in [-0.2, -0.15) is 0 Å². The van der Waals surface area contributed by atoms with E-state index >= 15 is 0 Å². The van der Waals surface area contributed by atoms with Gasteiger partial charge in [0, 0.05) is 5.69 Å². The summed E-state index contributed by atoms with van der Waals surface area (Å²) in [6, 6.07) is 17.7. The molecule has 0 amide bonds. The predicted molar refractivity (Wildman–Crippen MR) is 122 cm³/mol. The van der Waals surface area contributed by atoms with E-state index in [-0.39, 0.29) is 6.61 Å². The molecule has 0 aliphatic rings. The molecular formula is C24H22N6O2. The Balaban J connectivity index is 1.51. The highest BCUT2D eigenvalue weighted by atomic mass is 16.6. The molecule has 0 bridgehead atoms. The van der Waals surface area contributed by atoms with Crippen LogP contribution in [0.5, 0.6) is 5.75 Å². The number of aromatic nitrogens is 5. The van der Waals surface area contributed by atoms with Crippen molar-refractivity contribution in [3.8, 4) is 11.4 Å². The molecule has 0 N–H and O–H groups in total. The van der Waals surface area contributed by atoms with Crippen molar-refractivity contribution in [2.45, 2.75) is 20.5 Å². The van der Waals surface area contributed by atoms with Crippen molar-refractivity contribution in [2.24, 2.45) is 5.16 Å². The van der Waals surface area contributed by atoms with Crippen molar-refractivity contribution in [3.63, 3.8) is 0 Å². The number of benzene rings is 2. The maximum atomic E-state index is 5.58. The van der Waals surface area contributed by atoms with E-state index in [1.807, 2.05) is 54.6 Å². The number of methoxy groups -OCH3 is 1. The van der Waals surface area contributed by atoms with Gasteiger partial charge >= 0.3 is 0 Å². The molecule has 8 nitrogen and oxygen atoms in total. The standard InChI is InChI=1S/C24H22N6O2/c1-16-17(2)30(19-11-7-8-12-20(19)31-3)23-22(16)24-27-21(28-29(24)15-25-23)14-32-26-13-18-9-5-4-6-10-18/h4-13,15H,14H2,1-3H3/b26-13-. The second-order valence-corrected chi connectivity index (χ2v) is 7.38. The van der Waals surface area contributed by atoms with Gasteiger partial charge in [-0.1, -0.05) is 47.6 Å². The second-order valence-electron chi connectivity index (χ2n) is 7.38. The third-order valence-corrected chi connectivity index (χ3v) is 5.47. The number of rotatable bonds is 6. The molecule has 0 aliphatic heterocycles. The van der Waals surface area contributed by atoms with Gasteiger partial charge in [0.05, 0.1) is 24.4 Å². The van der Waals surface area contributed by atoms with Gasteiger partial charge in [0.2, 0.25) is 0 Å². The van der Waals surface area contributed by atoms with E-state index in [1.54, 1.807) is 24.2 Å². The zero-order valence-corrected chi connectivity index (χ0v) is 18.1. The molecule has 5 aromatic rings. The van der Waals surface area contributed by atoms with Crippen molar-refractivity contribution < 1.29 is 9.57 Å². The Morgan fingerprint density at radius 3 is 2.59 bits per heavy atom. The van der Waals surface area contributed by atoms with Crippen molar-refractivity contribution in [2.75, 3.05) is 7.11 Å². The number of nitrogens with zero attached hydrogens (tertiary/aromatic N) is 6. The fraction of sp³-hybridized carbons (Fsp3) is 0.167. The van der Waals surface area contributed by atoms with Gasteiger partial charge in [0.25, 0.3) is 0 Å². The largest absolute Gasteiger partial charge is 0.495 e. The molecule has 3 aromatic heterocycles. The van der Waals surface area contributed by atoms with Crippen LogP contribution in [0, 0.1) is 13.8 Å². The quantitative estimate of drug-likeness (QED) is 0.300. The second kappa shape index (κ2) is 8.14. The van der Waals surface area contributed by atoms with Gasteiger partial charge < -0.3 is 9.57 Å². The molecular weight excluding hydrogens is 404 g/mol. The molecule has 0 unspecified atom stereocenters. The lowest BCUT2D eigenvalue weighted by Gasteiger charge is -2.12. The minimum atomic E-state index is 0.164. The molecule has 8 heteroatoms. The van der Waals surface area contributed by atoms with Crippen LogP contribution in [0.2, 0.25) is 0 Å². The first-order valence-corrected chi connectivity index (χ1v) is 10.2. The summed E-state index contributed by atoms with van der Waals surface area (Å²) in [7, 11) is 1.67. The van der Waals surface area contributed by atoms with E-state index in [0.717, 1.165) is 44.9 Å². The molecule has 0 saturated carbocycles. The minimum Gasteiger partial charge on any atom is -0.495 e. The van der Waals surface area contributed by atoms with E-state index in [9.17, 15) is 0 Å². The molecule has 0 spiro atoms. The molecule has 0 saturated heterocycles. The normalized spacial score (nSPS) is 11.6. The molecule has 0 radical (unpaired) electrons. The lowest BCUT2D eigenvalue weighted by atomic mass is 10.2. The fourth-order valence-corrected chi connectivity index (χ4v) is 3.81. The maximum Gasteiger partial charge on any atom is 0.192 e. The molecule has 5 rings (SSSR count). The molecule has 2 aromatic carbocycles. The van der Waals surface area contributed by atoms with Crippen LogP contribution in [-0.4, -0.2) is 37.5 Å². The van der Waals surface area contributed by atoms with Gasteiger partial charge in [-0.25, -0.2) is 14.5 Å². The topological polar surface area (TPSA) is 78.8 Å². The van der Waals surface area contributed by atoms with Crippen molar-refractivity contribution in [1.82, 2.24) is 24.1 Å². The molecule has 0 atom stereocenters. The van der Waals surface area contributed by atoms with E-state index in [1.165, 1.54) is 0 Å². The van der Waals surface area contributed by atoms with Crippen molar-refractivity contribution in [1.29, 1.82) is 0 Å². The van der Waals surface area contributed by atoms with Crippen LogP contribution >= 0.6 is 0 Å². The van der Waals surface area contributed by atoms with Gasteiger partial charge in [-0.15, -0.1) is 5.10 Å². The Morgan fingerprint density at radius 1 is 1.00 bits per heavy atom. The highest BCUT2D eigenvalue weighted by Crippen LogP contribution is 2.33. The number of ether oxygens (including phenoxy) is 1. The number of fused-ring (bicyclic) bond motifs is 3. The summed E-state index contributed by atoms with van der Waals surface area (Å²) in [6.45, 7) is 4.30. The van der Waals surface area contributed by atoms with Gasteiger partial charge in [0.15, 0.2) is 23.7 Å². The number of oxime groups is 1. The Labute approximate surface area is 184 Å². The Hall–Kier alpha value is -4.20. The van der Waals surface area contributed by atoms with Crippen LogP contribution < -0.4 is 4.74 Å². The molecule has 3 heterocycles.